The molecular weight excluding hydrogens is 465 g/mol. The van der Waals surface area contributed by atoms with Crippen LogP contribution in [0.3, 0.4) is 0 Å². The van der Waals surface area contributed by atoms with E-state index in [9.17, 15) is 0 Å². The first-order valence-electron chi connectivity index (χ1n) is 13.7. The van der Waals surface area contributed by atoms with Crippen molar-refractivity contribution in [2.24, 2.45) is 0 Å². The van der Waals surface area contributed by atoms with E-state index in [1.165, 1.54) is 86.0 Å². The minimum absolute atomic E-state index is 0.304. The molecular formula is C34H28BNS. The van der Waals surface area contributed by atoms with Crippen LogP contribution >= 0.6 is 11.8 Å². The molecule has 3 aromatic carbocycles. The molecule has 2 aliphatic carbocycles. The average Bonchev–Trinajstić information content (AvgIpc) is 3.13. The van der Waals surface area contributed by atoms with Gasteiger partial charge in [-0.15, -0.1) is 0 Å². The van der Waals surface area contributed by atoms with Crippen molar-refractivity contribution in [2.45, 2.75) is 43.4 Å². The normalized spacial score (nSPS) is 17.8. The van der Waals surface area contributed by atoms with Gasteiger partial charge in [0.15, 0.2) is 0 Å². The van der Waals surface area contributed by atoms with Crippen LogP contribution in [0, 0.1) is 0 Å². The summed E-state index contributed by atoms with van der Waals surface area (Å²) >= 11 is 2.02. The Kier molecular flexibility index (Phi) is 5.01. The topological polar surface area (TPSA) is 4.93 Å². The third kappa shape index (κ3) is 3.20. The van der Waals surface area contributed by atoms with E-state index in [4.69, 9.17) is 0 Å². The maximum atomic E-state index is 2.62. The van der Waals surface area contributed by atoms with Gasteiger partial charge < -0.3 is 4.57 Å². The van der Waals surface area contributed by atoms with Gasteiger partial charge >= 0.3 is 0 Å². The number of nitrogens with zero attached hydrogens (tertiary/aromatic N) is 1. The molecule has 4 aromatic rings. The van der Waals surface area contributed by atoms with Gasteiger partial charge in [-0.05, 0) is 77.6 Å². The summed E-state index contributed by atoms with van der Waals surface area (Å²) in [6.45, 7) is 0.304. The van der Waals surface area contributed by atoms with Gasteiger partial charge in [-0.25, -0.2) is 0 Å². The summed E-state index contributed by atoms with van der Waals surface area (Å²) in [5.41, 5.74) is 12.6. The Morgan fingerprint density at radius 2 is 1.65 bits per heavy atom. The second-order valence-electron chi connectivity index (χ2n) is 10.6. The van der Waals surface area contributed by atoms with Crippen LogP contribution in [-0.2, 0) is 0 Å². The molecule has 0 spiro atoms. The van der Waals surface area contributed by atoms with Gasteiger partial charge in [-0.2, -0.15) is 0 Å². The zero-order valence-electron chi connectivity index (χ0n) is 20.9. The van der Waals surface area contributed by atoms with Gasteiger partial charge in [0.25, 0.3) is 0 Å². The zero-order valence-corrected chi connectivity index (χ0v) is 21.7. The summed E-state index contributed by atoms with van der Waals surface area (Å²) in [5.74, 6) is 0. The first-order valence-corrected chi connectivity index (χ1v) is 14.5. The monoisotopic (exact) mass is 493 g/mol. The molecule has 1 nitrogen and oxygen atoms in total. The molecule has 0 fully saturated rings. The van der Waals surface area contributed by atoms with Crippen molar-refractivity contribution in [2.75, 3.05) is 0 Å². The van der Waals surface area contributed by atoms with Crippen molar-refractivity contribution >= 4 is 45.9 Å². The number of fused-ring (bicyclic) bond motifs is 3. The SMILES string of the molecule is C1=CC(c2c(-c3ccccc3)c3cccc4c3n2-c2cccc3c2B4C2=C(CCCC=C2)S3)=CCCC1. The lowest BCUT2D eigenvalue weighted by Crippen LogP contribution is -2.51. The van der Waals surface area contributed by atoms with Gasteiger partial charge in [0, 0.05) is 27.0 Å². The molecule has 2 aliphatic heterocycles. The maximum absolute atomic E-state index is 2.62. The Balaban J connectivity index is 1.54. The third-order valence-electron chi connectivity index (χ3n) is 8.41. The first-order chi connectivity index (χ1) is 18.4. The molecule has 0 unspecified atom stereocenters. The quantitative estimate of drug-likeness (QED) is 0.256. The predicted octanol–water partition coefficient (Wildman–Crippen LogP) is 7.98. The summed E-state index contributed by atoms with van der Waals surface area (Å²) in [6, 6.07) is 25.1. The fraction of sp³-hybridized carbons (Fsp3) is 0.176. The smallest absolute Gasteiger partial charge is 0.249 e. The van der Waals surface area contributed by atoms with E-state index in [0.29, 0.717) is 6.71 Å². The van der Waals surface area contributed by atoms with E-state index < -0.39 is 0 Å². The highest BCUT2D eigenvalue weighted by molar-refractivity contribution is 8.03. The molecule has 37 heavy (non-hydrogen) atoms. The Morgan fingerprint density at radius 1 is 0.784 bits per heavy atom. The summed E-state index contributed by atoms with van der Waals surface area (Å²) in [7, 11) is 0. The van der Waals surface area contributed by atoms with Crippen molar-refractivity contribution < 1.29 is 0 Å². The van der Waals surface area contributed by atoms with Gasteiger partial charge in [-0.3, -0.25) is 0 Å². The standard InChI is InChI=1S/C34H28BNS/c1-2-6-16-24(15-5-1)33-31(23-13-7-3-8-14-23)25-17-11-19-27-34(25)36(33)28-20-12-22-30-32(28)35(27)26-18-9-4-10-21-29(26)37-30/h3,5,7-9,11-20,22H,1-2,4,6,10,21H2. The Morgan fingerprint density at radius 3 is 2.59 bits per heavy atom. The highest BCUT2D eigenvalue weighted by atomic mass is 32.2. The molecule has 178 valence electrons. The number of para-hydroxylation sites is 1. The predicted molar refractivity (Wildman–Crippen MR) is 161 cm³/mol. The molecule has 4 aliphatic rings. The summed E-state index contributed by atoms with van der Waals surface area (Å²) in [6.07, 6.45) is 19.2. The largest absolute Gasteiger partial charge is 0.310 e. The van der Waals surface area contributed by atoms with Crippen LogP contribution in [0.2, 0.25) is 0 Å². The molecule has 0 bridgehead atoms. The minimum Gasteiger partial charge on any atom is -0.310 e. The van der Waals surface area contributed by atoms with E-state index in [2.05, 4.69) is 102 Å². The molecule has 8 rings (SSSR count). The summed E-state index contributed by atoms with van der Waals surface area (Å²) in [5, 5.41) is 1.37. The van der Waals surface area contributed by atoms with Crippen molar-refractivity contribution in [1.82, 2.24) is 4.57 Å². The molecule has 1 aromatic heterocycles. The van der Waals surface area contributed by atoms with Crippen LogP contribution in [0.4, 0.5) is 0 Å². The number of hydrogen-bond acceptors (Lipinski definition) is 1. The van der Waals surface area contributed by atoms with Crippen LogP contribution in [0.25, 0.3) is 33.3 Å². The number of aromatic nitrogens is 1. The first kappa shape index (κ1) is 21.6. The summed E-state index contributed by atoms with van der Waals surface area (Å²) < 4.78 is 2.62. The van der Waals surface area contributed by atoms with Gasteiger partial charge in [0.05, 0.1) is 5.69 Å². The highest BCUT2D eigenvalue weighted by Crippen LogP contribution is 2.46. The number of hydrogen-bond donors (Lipinski definition) is 0. The molecule has 0 N–H and O–H groups in total. The number of benzene rings is 3. The molecule has 0 radical (unpaired) electrons. The van der Waals surface area contributed by atoms with Crippen LogP contribution in [0.5, 0.6) is 0 Å². The zero-order chi connectivity index (χ0) is 24.3. The van der Waals surface area contributed by atoms with E-state index in [1.54, 1.807) is 4.91 Å². The van der Waals surface area contributed by atoms with Gasteiger partial charge in [0.2, 0.25) is 6.71 Å². The van der Waals surface area contributed by atoms with E-state index in [-0.39, 0.29) is 0 Å². The highest BCUT2D eigenvalue weighted by Gasteiger charge is 2.40. The molecule has 0 saturated heterocycles. The molecule has 3 heterocycles. The van der Waals surface area contributed by atoms with E-state index in [0.717, 1.165) is 12.8 Å². The lowest BCUT2D eigenvalue weighted by molar-refractivity contribution is 0.867. The summed E-state index contributed by atoms with van der Waals surface area (Å²) in [4.78, 5) is 3.00. The lowest BCUT2D eigenvalue weighted by Gasteiger charge is -2.34. The van der Waals surface area contributed by atoms with Crippen LogP contribution in [-0.4, -0.2) is 11.3 Å². The number of allylic oxidation sites excluding steroid dienone is 8. The van der Waals surface area contributed by atoms with Crippen molar-refractivity contribution in [3.8, 4) is 16.8 Å². The molecule has 0 saturated carbocycles. The maximum Gasteiger partial charge on any atom is 0.249 e. The Labute approximate surface area is 223 Å². The Hall–Kier alpha value is -3.43. The van der Waals surface area contributed by atoms with Crippen molar-refractivity contribution in [3.63, 3.8) is 0 Å². The van der Waals surface area contributed by atoms with E-state index in [1.807, 2.05) is 11.8 Å². The van der Waals surface area contributed by atoms with Gasteiger partial charge in [0.1, 0.15) is 0 Å². The van der Waals surface area contributed by atoms with E-state index >= 15 is 0 Å². The molecule has 0 atom stereocenters. The molecule has 0 amide bonds. The number of rotatable bonds is 2. The minimum atomic E-state index is 0.304. The van der Waals surface area contributed by atoms with Crippen LogP contribution in [0.15, 0.2) is 112 Å². The fourth-order valence-electron chi connectivity index (χ4n) is 6.87. The van der Waals surface area contributed by atoms with Crippen molar-refractivity contribution in [1.29, 1.82) is 0 Å². The average molecular weight is 493 g/mol. The van der Waals surface area contributed by atoms with Crippen molar-refractivity contribution in [3.05, 3.63) is 113 Å². The second kappa shape index (κ2) is 8.57. The van der Waals surface area contributed by atoms with Crippen LogP contribution < -0.4 is 10.9 Å². The molecule has 3 heteroatoms. The third-order valence-corrected chi connectivity index (χ3v) is 9.68. The Bertz CT molecular complexity index is 1700. The fourth-order valence-corrected chi connectivity index (χ4v) is 8.16. The van der Waals surface area contributed by atoms with Gasteiger partial charge in [-0.1, -0.05) is 102 Å². The second-order valence-corrected chi connectivity index (χ2v) is 11.7. The van der Waals surface area contributed by atoms with Crippen LogP contribution in [0.1, 0.15) is 44.2 Å². The lowest BCUT2D eigenvalue weighted by atomic mass is 9.34. The number of thioether (sulfide) groups is 1.